The normalized spacial score (nSPS) is 12.2. The largest absolute Gasteiger partial charge is 0.494 e. The zero-order chi connectivity index (χ0) is 13.8. The van der Waals surface area contributed by atoms with Crippen LogP contribution in [0.4, 0.5) is 4.39 Å². The molecule has 0 bridgehead atoms. The molecule has 0 aliphatic heterocycles. The molecular formula is C16H17FO2. The first-order valence-corrected chi connectivity index (χ1v) is 6.29. The molecule has 0 spiro atoms. The minimum absolute atomic E-state index is 0.296. The predicted molar refractivity (Wildman–Crippen MR) is 72.8 cm³/mol. The second kappa shape index (κ2) is 5.85. The van der Waals surface area contributed by atoms with Crippen LogP contribution in [0.5, 0.6) is 5.75 Å². The Morgan fingerprint density at radius 2 is 1.84 bits per heavy atom. The summed E-state index contributed by atoms with van der Waals surface area (Å²) in [6, 6.07) is 12.1. The molecule has 2 rings (SSSR count). The minimum atomic E-state index is -0.962. The van der Waals surface area contributed by atoms with Crippen molar-refractivity contribution >= 4 is 0 Å². The van der Waals surface area contributed by atoms with E-state index >= 15 is 0 Å². The number of rotatable bonds is 4. The third-order valence-electron chi connectivity index (χ3n) is 3.02. The average molecular weight is 260 g/mol. The third-order valence-corrected chi connectivity index (χ3v) is 3.02. The van der Waals surface area contributed by atoms with E-state index in [1.165, 1.54) is 0 Å². The Hall–Kier alpha value is -1.87. The zero-order valence-corrected chi connectivity index (χ0v) is 11.1. The van der Waals surface area contributed by atoms with Crippen LogP contribution in [-0.4, -0.2) is 11.7 Å². The van der Waals surface area contributed by atoms with Gasteiger partial charge >= 0.3 is 0 Å². The summed E-state index contributed by atoms with van der Waals surface area (Å²) in [6.07, 6.45) is -0.962. The molecule has 100 valence electrons. The Morgan fingerprint density at radius 1 is 1.16 bits per heavy atom. The molecule has 2 nitrogen and oxygen atoms in total. The molecule has 1 N–H and O–H groups in total. The summed E-state index contributed by atoms with van der Waals surface area (Å²) in [5.41, 5.74) is 1.47. The monoisotopic (exact) mass is 260 g/mol. The van der Waals surface area contributed by atoms with Crippen LogP contribution in [0.1, 0.15) is 29.7 Å². The fourth-order valence-electron chi connectivity index (χ4n) is 1.97. The predicted octanol–water partition coefficient (Wildman–Crippen LogP) is 3.61. The first-order chi connectivity index (χ1) is 9.13. The first kappa shape index (κ1) is 13.6. The van der Waals surface area contributed by atoms with Gasteiger partial charge < -0.3 is 9.84 Å². The van der Waals surface area contributed by atoms with Crippen LogP contribution >= 0.6 is 0 Å². The summed E-state index contributed by atoms with van der Waals surface area (Å²) < 4.78 is 19.3. The van der Waals surface area contributed by atoms with Crippen LogP contribution in [0.15, 0.2) is 42.5 Å². The molecule has 19 heavy (non-hydrogen) atoms. The van der Waals surface area contributed by atoms with Crippen molar-refractivity contribution in [2.45, 2.75) is 20.0 Å². The molecular weight excluding hydrogens is 243 g/mol. The molecule has 2 aromatic carbocycles. The second-order valence-electron chi connectivity index (χ2n) is 4.38. The van der Waals surface area contributed by atoms with Gasteiger partial charge in [-0.05, 0) is 37.1 Å². The minimum Gasteiger partial charge on any atom is -0.494 e. The summed E-state index contributed by atoms with van der Waals surface area (Å²) in [4.78, 5) is 0. The van der Waals surface area contributed by atoms with E-state index in [2.05, 4.69) is 0 Å². The molecule has 0 heterocycles. The average Bonchev–Trinajstić information content (AvgIpc) is 2.42. The summed E-state index contributed by atoms with van der Waals surface area (Å²) in [5.74, 6) is 0.382. The highest BCUT2D eigenvalue weighted by Crippen LogP contribution is 2.27. The number of hydrogen-bond donors (Lipinski definition) is 1. The standard InChI is InChI=1S/C16H17FO2/c1-3-19-13-9-7-12(8-10-13)16(18)14-6-4-5-11(2)15(14)17/h4-10,16,18H,3H2,1-2H3. The van der Waals surface area contributed by atoms with E-state index in [1.807, 2.05) is 6.92 Å². The molecule has 1 unspecified atom stereocenters. The number of halogens is 1. The Morgan fingerprint density at radius 3 is 2.47 bits per heavy atom. The maximum Gasteiger partial charge on any atom is 0.132 e. The molecule has 0 fully saturated rings. The highest BCUT2D eigenvalue weighted by molar-refractivity contribution is 5.36. The molecule has 0 saturated carbocycles. The van der Waals surface area contributed by atoms with Gasteiger partial charge in [-0.15, -0.1) is 0 Å². The van der Waals surface area contributed by atoms with Crippen LogP contribution in [0.3, 0.4) is 0 Å². The number of aliphatic hydroxyl groups is 1. The summed E-state index contributed by atoms with van der Waals surface area (Å²) in [6.45, 7) is 4.18. The van der Waals surface area contributed by atoms with E-state index in [0.717, 1.165) is 5.75 Å². The van der Waals surface area contributed by atoms with Crippen molar-refractivity contribution in [2.75, 3.05) is 6.61 Å². The van der Waals surface area contributed by atoms with Gasteiger partial charge in [0.2, 0.25) is 0 Å². The van der Waals surface area contributed by atoms with E-state index in [0.29, 0.717) is 23.3 Å². The third kappa shape index (κ3) is 2.93. The lowest BCUT2D eigenvalue weighted by Crippen LogP contribution is -2.04. The van der Waals surface area contributed by atoms with Crippen molar-refractivity contribution in [3.8, 4) is 5.75 Å². The van der Waals surface area contributed by atoms with Crippen molar-refractivity contribution in [1.29, 1.82) is 0 Å². The maximum atomic E-state index is 14.0. The van der Waals surface area contributed by atoms with E-state index in [1.54, 1.807) is 49.4 Å². The number of hydrogen-bond acceptors (Lipinski definition) is 2. The summed E-state index contributed by atoms with van der Waals surface area (Å²) in [7, 11) is 0. The molecule has 0 aliphatic carbocycles. The van der Waals surface area contributed by atoms with Crippen LogP contribution in [0, 0.1) is 12.7 Å². The summed E-state index contributed by atoms with van der Waals surface area (Å²) >= 11 is 0. The summed E-state index contributed by atoms with van der Waals surface area (Å²) in [5, 5.41) is 10.2. The molecule has 0 amide bonds. The van der Waals surface area contributed by atoms with E-state index in [9.17, 15) is 9.50 Å². The second-order valence-corrected chi connectivity index (χ2v) is 4.38. The lowest BCUT2D eigenvalue weighted by Gasteiger charge is -2.14. The van der Waals surface area contributed by atoms with Gasteiger partial charge in [-0.1, -0.05) is 30.3 Å². The van der Waals surface area contributed by atoms with Gasteiger partial charge in [-0.25, -0.2) is 4.39 Å². The lowest BCUT2D eigenvalue weighted by molar-refractivity contribution is 0.214. The van der Waals surface area contributed by atoms with Crippen molar-refractivity contribution in [2.24, 2.45) is 0 Å². The van der Waals surface area contributed by atoms with Gasteiger partial charge in [0.25, 0.3) is 0 Å². The molecule has 2 aromatic rings. The first-order valence-electron chi connectivity index (χ1n) is 6.29. The van der Waals surface area contributed by atoms with Crippen LogP contribution in [0.25, 0.3) is 0 Å². The molecule has 0 aromatic heterocycles. The van der Waals surface area contributed by atoms with Crippen molar-refractivity contribution in [1.82, 2.24) is 0 Å². The van der Waals surface area contributed by atoms with Gasteiger partial charge in [0.1, 0.15) is 17.7 Å². The topological polar surface area (TPSA) is 29.5 Å². The maximum absolute atomic E-state index is 14.0. The van der Waals surface area contributed by atoms with Gasteiger partial charge in [0.05, 0.1) is 6.61 Å². The zero-order valence-electron chi connectivity index (χ0n) is 11.1. The number of aliphatic hydroxyl groups excluding tert-OH is 1. The Balaban J connectivity index is 2.28. The van der Waals surface area contributed by atoms with Gasteiger partial charge in [-0.3, -0.25) is 0 Å². The lowest BCUT2D eigenvalue weighted by atomic mass is 9.99. The molecule has 0 saturated heterocycles. The van der Waals surface area contributed by atoms with E-state index in [-0.39, 0.29) is 5.82 Å². The van der Waals surface area contributed by atoms with Crippen LogP contribution in [-0.2, 0) is 0 Å². The van der Waals surface area contributed by atoms with Crippen molar-refractivity contribution < 1.29 is 14.2 Å². The number of benzene rings is 2. The number of ether oxygens (including phenoxy) is 1. The van der Waals surface area contributed by atoms with Gasteiger partial charge in [0, 0.05) is 5.56 Å². The fraction of sp³-hybridized carbons (Fsp3) is 0.250. The fourth-order valence-corrected chi connectivity index (χ4v) is 1.97. The van der Waals surface area contributed by atoms with Crippen LogP contribution in [0.2, 0.25) is 0 Å². The molecule has 3 heteroatoms. The molecule has 0 aliphatic rings. The molecule has 1 atom stereocenters. The molecule has 0 radical (unpaired) electrons. The Labute approximate surface area is 112 Å². The van der Waals surface area contributed by atoms with Gasteiger partial charge in [-0.2, -0.15) is 0 Å². The van der Waals surface area contributed by atoms with Gasteiger partial charge in [0.15, 0.2) is 0 Å². The van der Waals surface area contributed by atoms with E-state index < -0.39 is 6.10 Å². The van der Waals surface area contributed by atoms with Crippen LogP contribution < -0.4 is 4.74 Å². The Kier molecular flexibility index (Phi) is 4.17. The van der Waals surface area contributed by atoms with E-state index in [4.69, 9.17) is 4.74 Å². The van der Waals surface area contributed by atoms with Crippen molar-refractivity contribution in [3.63, 3.8) is 0 Å². The SMILES string of the molecule is CCOc1ccc(C(O)c2cccc(C)c2F)cc1. The quantitative estimate of drug-likeness (QED) is 0.909. The smallest absolute Gasteiger partial charge is 0.132 e. The highest BCUT2D eigenvalue weighted by atomic mass is 19.1. The Bertz CT molecular complexity index is 549. The van der Waals surface area contributed by atoms with Crippen molar-refractivity contribution in [3.05, 3.63) is 65.0 Å². The number of aryl methyl sites for hydroxylation is 1. The highest BCUT2D eigenvalue weighted by Gasteiger charge is 2.16.